The van der Waals surface area contributed by atoms with Crippen LogP contribution in [0.15, 0.2) is 109 Å². The molecule has 346 valence electrons. The zero-order valence-electron chi connectivity index (χ0n) is 39.0. The first-order chi connectivity index (χ1) is 31.1. The Hall–Kier alpha value is -4.84. The SMILES string of the molecule is CCCCCCCCNC(=O)N1CCC(C(=O)N2CCC(Nc3ccc(CCNC[C@H](O)COc4ccc(O[Si](c5ccccc5)(c5ccccc5)C(C)(C)C)cc4)cc3)CC2)CC1. The van der Waals surface area contributed by atoms with Crippen molar-refractivity contribution < 1.29 is 23.9 Å². The fraction of sp³-hybridized carbons (Fsp3) is 0.509. The van der Waals surface area contributed by atoms with E-state index in [4.69, 9.17) is 9.16 Å². The van der Waals surface area contributed by atoms with Gasteiger partial charge in [0, 0.05) is 56.9 Å². The molecular weight excluding hydrogens is 815 g/mol. The molecular formula is C53H75N5O5Si. The third-order valence-corrected chi connectivity index (χ3v) is 17.9. The van der Waals surface area contributed by atoms with Crippen molar-refractivity contribution in [2.45, 2.75) is 116 Å². The summed E-state index contributed by atoms with van der Waals surface area (Å²) in [6.45, 7) is 14.0. The van der Waals surface area contributed by atoms with Crippen LogP contribution in [0.25, 0.3) is 0 Å². The van der Waals surface area contributed by atoms with Gasteiger partial charge < -0.3 is 40.0 Å². The van der Waals surface area contributed by atoms with Crippen LogP contribution in [0.3, 0.4) is 0 Å². The van der Waals surface area contributed by atoms with Crippen LogP contribution in [-0.4, -0.2) is 99.7 Å². The average Bonchev–Trinajstić information content (AvgIpc) is 3.32. The predicted molar refractivity (Wildman–Crippen MR) is 264 cm³/mol. The van der Waals surface area contributed by atoms with Gasteiger partial charge in [-0.15, -0.1) is 0 Å². The number of ether oxygens (including phenoxy) is 1. The number of aliphatic hydroxyl groups excluding tert-OH is 1. The smallest absolute Gasteiger partial charge is 0.319 e. The van der Waals surface area contributed by atoms with E-state index in [0.29, 0.717) is 31.4 Å². The molecule has 2 aliphatic heterocycles. The third-order valence-electron chi connectivity index (χ3n) is 13.0. The molecule has 0 saturated carbocycles. The molecule has 2 aliphatic rings. The topological polar surface area (TPSA) is 115 Å². The number of likely N-dealkylation sites (tertiary alicyclic amines) is 2. The highest BCUT2D eigenvalue weighted by Gasteiger charge is 2.52. The average molecular weight is 890 g/mol. The van der Waals surface area contributed by atoms with Gasteiger partial charge in [-0.25, -0.2) is 4.79 Å². The fourth-order valence-corrected chi connectivity index (χ4v) is 13.7. The van der Waals surface area contributed by atoms with E-state index < -0.39 is 14.4 Å². The van der Waals surface area contributed by atoms with E-state index in [-0.39, 0.29) is 29.5 Å². The highest BCUT2D eigenvalue weighted by molar-refractivity contribution is 7.00. The summed E-state index contributed by atoms with van der Waals surface area (Å²) in [7, 11) is -2.73. The quantitative estimate of drug-likeness (QED) is 0.0463. The highest BCUT2D eigenvalue weighted by atomic mass is 28.4. The lowest BCUT2D eigenvalue weighted by molar-refractivity contribution is -0.137. The molecule has 0 radical (unpaired) electrons. The molecule has 4 aromatic rings. The van der Waals surface area contributed by atoms with Crippen LogP contribution in [0.1, 0.15) is 97.5 Å². The summed E-state index contributed by atoms with van der Waals surface area (Å²) in [5.41, 5.74) is 2.32. The lowest BCUT2D eigenvalue weighted by Crippen LogP contribution is -2.68. The Bertz CT molecular complexity index is 1920. The van der Waals surface area contributed by atoms with Gasteiger partial charge in [0.2, 0.25) is 5.91 Å². The highest BCUT2D eigenvalue weighted by Crippen LogP contribution is 2.38. The lowest BCUT2D eigenvalue weighted by atomic mass is 9.94. The fourth-order valence-electron chi connectivity index (χ4n) is 9.23. The first-order valence-corrected chi connectivity index (χ1v) is 26.1. The molecule has 0 spiro atoms. The summed E-state index contributed by atoms with van der Waals surface area (Å²) in [6, 6.07) is 37.9. The molecule has 2 fully saturated rings. The molecule has 2 heterocycles. The number of rotatable bonds is 22. The van der Waals surface area contributed by atoms with E-state index in [9.17, 15) is 14.7 Å². The summed E-state index contributed by atoms with van der Waals surface area (Å²) in [5, 5.41) is 23.1. The summed E-state index contributed by atoms with van der Waals surface area (Å²) < 4.78 is 13.1. The van der Waals surface area contributed by atoms with E-state index in [2.05, 4.69) is 129 Å². The summed E-state index contributed by atoms with van der Waals surface area (Å²) in [6.07, 6.45) is 10.8. The molecule has 11 heteroatoms. The Labute approximate surface area is 384 Å². The third kappa shape index (κ3) is 13.8. The van der Waals surface area contributed by atoms with Crippen molar-refractivity contribution in [3.05, 3.63) is 115 Å². The van der Waals surface area contributed by atoms with Crippen molar-refractivity contribution in [1.82, 2.24) is 20.4 Å². The van der Waals surface area contributed by atoms with Gasteiger partial charge in [0.05, 0.1) is 0 Å². The van der Waals surface area contributed by atoms with Crippen LogP contribution in [0, 0.1) is 5.92 Å². The molecule has 4 N–H and O–H groups in total. The minimum Gasteiger partial charge on any atom is -0.534 e. The van der Waals surface area contributed by atoms with Gasteiger partial charge in [0.25, 0.3) is 0 Å². The Morgan fingerprint density at radius 3 is 1.91 bits per heavy atom. The zero-order valence-corrected chi connectivity index (χ0v) is 40.0. The van der Waals surface area contributed by atoms with E-state index in [0.717, 1.165) is 76.1 Å². The predicted octanol–water partition coefficient (Wildman–Crippen LogP) is 8.38. The second-order valence-electron chi connectivity index (χ2n) is 18.9. The number of hydrogen-bond acceptors (Lipinski definition) is 7. The van der Waals surface area contributed by atoms with E-state index in [1.165, 1.54) is 48.0 Å². The van der Waals surface area contributed by atoms with Crippen LogP contribution in [0.5, 0.6) is 11.5 Å². The van der Waals surface area contributed by atoms with E-state index in [1.807, 2.05) is 34.1 Å². The molecule has 4 aromatic carbocycles. The van der Waals surface area contributed by atoms with Crippen molar-refractivity contribution in [1.29, 1.82) is 0 Å². The minimum absolute atomic E-state index is 0.0123. The van der Waals surface area contributed by atoms with Gasteiger partial charge in [-0.2, -0.15) is 0 Å². The number of piperidine rings is 2. The number of unbranched alkanes of at least 4 members (excludes halogenated alkanes) is 5. The number of carbonyl (C=O) groups is 2. The largest absolute Gasteiger partial charge is 0.534 e. The van der Waals surface area contributed by atoms with Crippen LogP contribution < -0.4 is 35.5 Å². The number of anilines is 1. The summed E-state index contributed by atoms with van der Waals surface area (Å²) in [5.74, 6) is 1.76. The Balaban J connectivity index is 0.846. The van der Waals surface area contributed by atoms with Gasteiger partial charge in [0.1, 0.15) is 24.2 Å². The van der Waals surface area contributed by atoms with Gasteiger partial charge in [-0.05, 0) is 102 Å². The summed E-state index contributed by atoms with van der Waals surface area (Å²) >= 11 is 0. The number of nitrogens with zero attached hydrogens (tertiary/aromatic N) is 2. The Morgan fingerprint density at radius 2 is 1.30 bits per heavy atom. The number of amides is 3. The van der Waals surface area contributed by atoms with Crippen LogP contribution in [0.4, 0.5) is 10.5 Å². The van der Waals surface area contributed by atoms with Gasteiger partial charge >= 0.3 is 14.3 Å². The maximum absolute atomic E-state index is 13.4. The molecule has 64 heavy (non-hydrogen) atoms. The molecule has 0 unspecified atom stereocenters. The van der Waals surface area contributed by atoms with Crippen LogP contribution in [0.2, 0.25) is 5.04 Å². The number of benzene rings is 4. The molecule has 6 rings (SSSR count). The van der Waals surface area contributed by atoms with Crippen molar-refractivity contribution in [3.63, 3.8) is 0 Å². The van der Waals surface area contributed by atoms with Gasteiger partial charge in [0.15, 0.2) is 0 Å². The second-order valence-corrected chi connectivity index (χ2v) is 23.1. The van der Waals surface area contributed by atoms with Gasteiger partial charge in [-0.3, -0.25) is 4.79 Å². The Kier molecular flexibility index (Phi) is 18.6. The van der Waals surface area contributed by atoms with Gasteiger partial charge in [-0.1, -0.05) is 133 Å². The molecule has 0 aromatic heterocycles. The maximum atomic E-state index is 13.4. The minimum atomic E-state index is -2.73. The van der Waals surface area contributed by atoms with E-state index >= 15 is 0 Å². The van der Waals surface area contributed by atoms with Crippen molar-refractivity contribution in [2.75, 3.05) is 57.7 Å². The normalized spacial score (nSPS) is 15.7. The van der Waals surface area contributed by atoms with Crippen LogP contribution in [-0.2, 0) is 11.2 Å². The number of nitrogens with one attached hydrogen (secondary N) is 3. The van der Waals surface area contributed by atoms with Crippen molar-refractivity contribution in [3.8, 4) is 11.5 Å². The molecule has 0 aliphatic carbocycles. The Morgan fingerprint density at radius 1 is 0.719 bits per heavy atom. The monoisotopic (exact) mass is 890 g/mol. The van der Waals surface area contributed by atoms with Crippen LogP contribution >= 0.6 is 0 Å². The van der Waals surface area contributed by atoms with Crippen molar-refractivity contribution in [2.24, 2.45) is 5.92 Å². The lowest BCUT2D eigenvalue weighted by Gasteiger charge is -2.43. The standard InChI is InChI=1S/C53H75N5O5Si/c1-5-6-7-8-9-16-34-55-52(61)58-36-30-43(31-37-58)51(60)57-38-32-45(33-39-57)56-44-23-21-42(22-24-44)29-35-54-40-46(59)41-62-47-25-27-48(28-26-47)63-64(53(2,3)4,49-17-12-10-13-18-49)50-19-14-11-15-20-50/h10-15,17-28,43,45-46,54,56,59H,5-9,16,29-41H2,1-4H3,(H,55,61)/t46-/m0/s1. The molecule has 10 nitrogen and oxygen atoms in total. The molecule has 3 amide bonds. The summed E-state index contributed by atoms with van der Waals surface area (Å²) in [4.78, 5) is 30.0. The number of urea groups is 1. The number of hydrogen-bond donors (Lipinski definition) is 4. The molecule has 2 saturated heterocycles. The first-order valence-electron chi connectivity index (χ1n) is 24.1. The molecule has 1 atom stereocenters. The zero-order chi connectivity index (χ0) is 45.2. The molecule has 0 bridgehead atoms. The van der Waals surface area contributed by atoms with Crippen molar-refractivity contribution >= 4 is 36.3 Å². The number of aliphatic hydroxyl groups is 1. The second kappa shape index (κ2) is 24.4. The maximum Gasteiger partial charge on any atom is 0.319 e. The first kappa shape index (κ1) is 48.6. The van der Waals surface area contributed by atoms with E-state index in [1.54, 1.807) is 0 Å². The number of carbonyl (C=O) groups excluding carboxylic acids is 2.